The number of ether oxygens (including phenoxy) is 1. The van der Waals surface area contributed by atoms with Crippen molar-refractivity contribution in [3.8, 4) is 0 Å². The second-order valence-corrected chi connectivity index (χ2v) is 3.60. The molecule has 0 saturated heterocycles. The van der Waals surface area contributed by atoms with Crippen LogP contribution >= 0.6 is 9.47 Å². The van der Waals surface area contributed by atoms with E-state index in [1.54, 1.807) is 0 Å². The summed E-state index contributed by atoms with van der Waals surface area (Å²) >= 11 is 0. The lowest BCUT2D eigenvalue weighted by Gasteiger charge is -2.34. The normalized spacial score (nSPS) is 14.5. The molecular weight excluding hydrogens is 182 g/mol. The van der Waals surface area contributed by atoms with Gasteiger partial charge in [-0.05, 0) is 19.3 Å². The van der Waals surface area contributed by atoms with Gasteiger partial charge in [0.15, 0.2) is 0 Å². The summed E-state index contributed by atoms with van der Waals surface area (Å²) in [5.74, 6) is 0. The van der Waals surface area contributed by atoms with Crippen LogP contribution in [0.1, 0.15) is 40.0 Å². The van der Waals surface area contributed by atoms with Crippen LogP contribution in [0.4, 0.5) is 0 Å². The zero-order chi connectivity index (χ0) is 10.3. The average molecular weight is 202 g/mol. The van der Waals surface area contributed by atoms with Gasteiger partial charge in [0.2, 0.25) is 0 Å². The molecule has 0 N–H and O–H groups in total. The van der Waals surface area contributed by atoms with Crippen LogP contribution < -0.4 is 0 Å². The van der Waals surface area contributed by atoms with E-state index < -0.39 is 0 Å². The summed E-state index contributed by atoms with van der Waals surface area (Å²) in [6.07, 6.45) is 2.68. The van der Waals surface area contributed by atoms with Crippen molar-refractivity contribution in [1.29, 1.82) is 0 Å². The van der Waals surface area contributed by atoms with Gasteiger partial charge in [-0.2, -0.15) is 0 Å². The molecule has 0 bridgehead atoms. The number of hydrogen-bond acceptors (Lipinski definition) is 2. The summed E-state index contributed by atoms with van der Waals surface area (Å²) < 4.78 is 10.8. The molecule has 0 rings (SSSR count). The van der Waals surface area contributed by atoms with Gasteiger partial charge >= 0.3 is 0 Å². The van der Waals surface area contributed by atoms with Crippen molar-refractivity contribution in [2.75, 3.05) is 6.61 Å². The van der Waals surface area contributed by atoms with Crippen LogP contribution in [0, 0.1) is 0 Å². The van der Waals surface area contributed by atoms with Crippen LogP contribution in [0.5, 0.6) is 0 Å². The van der Waals surface area contributed by atoms with Gasteiger partial charge in [-0.3, -0.25) is 0 Å². The van der Waals surface area contributed by atoms with Crippen molar-refractivity contribution in [3.63, 3.8) is 0 Å². The zero-order valence-electron chi connectivity index (χ0n) is 8.88. The highest BCUT2D eigenvalue weighted by atomic mass is 31.0. The Hall–Kier alpha value is 0.415. The summed E-state index contributed by atoms with van der Waals surface area (Å²) in [7, 11) is 8.01. The molecule has 2 radical (unpaired) electrons. The summed E-state index contributed by atoms with van der Waals surface area (Å²) in [6.45, 7) is 6.78. The minimum Gasteiger partial charge on any atom is -0.379 e. The fourth-order valence-electron chi connectivity index (χ4n) is 1.21. The van der Waals surface area contributed by atoms with E-state index in [4.69, 9.17) is 17.1 Å². The average Bonchev–Trinajstić information content (AvgIpc) is 2.17. The first-order valence-electron chi connectivity index (χ1n) is 4.89. The molecule has 0 aliphatic rings. The Bertz CT molecular complexity index is 129. The van der Waals surface area contributed by atoms with Crippen molar-refractivity contribution in [2.45, 2.75) is 51.6 Å². The van der Waals surface area contributed by atoms with E-state index in [9.17, 15) is 0 Å². The summed E-state index contributed by atoms with van der Waals surface area (Å²) in [5.41, 5.74) is -0.211. The second-order valence-electron chi connectivity index (χ2n) is 3.27. The van der Waals surface area contributed by atoms with Gasteiger partial charge in [-0.1, -0.05) is 20.8 Å². The van der Waals surface area contributed by atoms with Gasteiger partial charge in [0.05, 0.1) is 12.2 Å². The summed E-state index contributed by atoms with van der Waals surface area (Å²) in [6, 6.07) is -0.181. The molecule has 0 heterocycles. The fraction of sp³-hybridized carbons (Fsp3) is 1.00. The van der Waals surface area contributed by atoms with Gasteiger partial charge in [-0.25, -0.2) is 0 Å². The Balaban J connectivity index is 4.19. The van der Waals surface area contributed by atoms with E-state index >= 15 is 0 Å². The molecule has 0 aromatic heterocycles. The molecule has 13 heavy (non-hydrogen) atoms. The molecule has 4 heteroatoms. The first kappa shape index (κ1) is 13.4. The molecule has 2 unspecified atom stereocenters. The Kier molecular flexibility index (Phi) is 7.03. The maximum atomic E-state index is 5.77. The van der Waals surface area contributed by atoms with Crippen molar-refractivity contribution in [1.82, 2.24) is 0 Å². The van der Waals surface area contributed by atoms with Crippen molar-refractivity contribution >= 4 is 17.3 Å². The van der Waals surface area contributed by atoms with Gasteiger partial charge in [0.1, 0.15) is 7.85 Å². The maximum absolute atomic E-state index is 5.77. The lowest BCUT2D eigenvalue weighted by molar-refractivity contribution is -0.0907. The summed E-state index contributed by atoms with van der Waals surface area (Å²) in [5, 5.41) is 0. The fourth-order valence-corrected chi connectivity index (χ4v) is 1.51. The molecule has 0 saturated carbocycles. The Morgan fingerprint density at radius 1 is 1.31 bits per heavy atom. The highest BCUT2D eigenvalue weighted by molar-refractivity contribution is 7.09. The van der Waals surface area contributed by atoms with Gasteiger partial charge in [0, 0.05) is 15.5 Å². The zero-order valence-corrected chi connectivity index (χ0v) is 10.0. The van der Waals surface area contributed by atoms with Crippen LogP contribution in [-0.4, -0.2) is 26.1 Å². The van der Waals surface area contributed by atoms with Crippen molar-refractivity contribution in [3.05, 3.63) is 0 Å². The third kappa shape index (κ3) is 4.44. The molecule has 0 aromatic carbocycles. The standard InChI is InChI=1S/C9H20BO2P/c1-4-8(10)12-9(5-2,6-3)7-11-13/h8H,4-7,13H2,1-3H3. The lowest BCUT2D eigenvalue weighted by Crippen LogP contribution is -2.39. The molecule has 0 aromatic rings. The van der Waals surface area contributed by atoms with Gasteiger partial charge in [-0.15, -0.1) is 0 Å². The third-order valence-corrected chi connectivity index (χ3v) is 2.61. The molecule has 2 nitrogen and oxygen atoms in total. The van der Waals surface area contributed by atoms with E-state index in [1.807, 2.05) is 6.92 Å². The monoisotopic (exact) mass is 202 g/mol. The van der Waals surface area contributed by atoms with Crippen molar-refractivity contribution in [2.24, 2.45) is 0 Å². The van der Waals surface area contributed by atoms with Crippen LogP contribution in [-0.2, 0) is 9.26 Å². The predicted octanol–water partition coefficient (Wildman–Crippen LogP) is 2.27. The largest absolute Gasteiger partial charge is 0.379 e. The second kappa shape index (κ2) is 6.81. The molecule has 0 amide bonds. The number of hydrogen-bond donors (Lipinski definition) is 0. The lowest BCUT2D eigenvalue weighted by atomic mass is 9.93. The highest BCUT2D eigenvalue weighted by Crippen LogP contribution is 2.23. The first-order chi connectivity index (χ1) is 6.14. The van der Waals surface area contributed by atoms with Crippen LogP contribution in [0.2, 0.25) is 0 Å². The predicted molar refractivity (Wildman–Crippen MR) is 59.9 cm³/mol. The first-order valence-corrected chi connectivity index (χ1v) is 5.36. The van der Waals surface area contributed by atoms with Gasteiger partial charge in [0.25, 0.3) is 0 Å². The topological polar surface area (TPSA) is 18.5 Å². The molecule has 0 aliphatic heterocycles. The SMILES string of the molecule is [B]C(CC)OC(CC)(CC)COP. The maximum Gasteiger partial charge on any atom is 0.109 e. The van der Waals surface area contributed by atoms with E-state index in [1.165, 1.54) is 0 Å². The smallest absolute Gasteiger partial charge is 0.109 e. The van der Waals surface area contributed by atoms with E-state index in [0.717, 1.165) is 19.3 Å². The third-order valence-electron chi connectivity index (χ3n) is 2.44. The van der Waals surface area contributed by atoms with Crippen molar-refractivity contribution < 1.29 is 9.26 Å². The molecule has 76 valence electrons. The highest BCUT2D eigenvalue weighted by Gasteiger charge is 2.28. The molecular formula is C9H20BO2P. The molecule has 2 atom stereocenters. The molecule has 0 aliphatic carbocycles. The summed E-state index contributed by atoms with van der Waals surface area (Å²) in [4.78, 5) is 0. The minimum absolute atomic E-state index is 0.181. The van der Waals surface area contributed by atoms with Gasteiger partial charge < -0.3 is 9.26 Å². The van der Waals surface area contributed by atoms with Crippen LogP contribution in [0.3, 0.4) is 0 Å². The quantitative estimate of drug-likeness (QED) is 0.465. The van der Waals surface area contributed by atoms with E-state index in [2.05, 4.69) is 23.3 Å². The number of rotatable bonds is 7. The Labute approximate surface area is 85.5 Å². The molecule has 0 fully saturated rings. The minimum atomic E-state index is -0.211. The van der Waals surface area contributed by atoms with E-state index in [-0.39, 0.29) is 11.6 Å². The van der Waals surface area contributed by atoms with E-state index in [0.29, 0.717) is 6.61 Å². The Morgan fingerprint density at radius 2 is 1.85 bits per heavy atom. The molecule has 0 spiro atoms. The Morgan fingerprint density at radius 3 is 2.15 bits per heavy atom. The van der Waals surface area contributed by atoms with Crippen LogP contribution in [0.25, 0.3) is 0 Å². The van der Waals surface area contributed by atoms with Crippen LogP contribution in [0.15, 0.2) is 0 Å².